The molecule has 1 saturated heterocycles. The summed E-state index contributed by atoms with van der Waals surface area (Å²) in [6.45, 7) is 1.55. The van der Waals surface area contributed by atoms with Gasteiger partial charge < -0.3 is 14.8 Å². The van der Waals surface area contributed by atoms with E-state index in [9.17, 15) is 14.4 Å². The molecule has 3 aromatic carbocycles. The van der Waals surface area contributed by atoms with Gasteiger partial charge in [-0.1, -0.05) is 46.9 Å². The second-order valence-electron chi connectivity index (χ2n) is 8.33. The summed E-state index contributed by atoms with van der Waals surface area (Å²) >= 11 is 22.4. The van der Waals surface area contributed by atoms with Gasteiger partial charge >= 0.3 is 0 Å². The molecule has 0 aromatic heterocycles. The quantitative estimate of drug-likeness (QED) is 0.245. The third-order valence-electron chi connectivity index (χ3n) is 5.59. The Kier molecular flexibility index (Phi) is 9.51. The number of carbonyl (C=O) groups is 3. The highest BCUT2D eigenvalue weighted by Crippen LogP contribution is 2.40. The number of halogens is 4. The maximum Gasteiger partial charge on any atom is 0.294 e. The van der Waals surface area contributed by atoms with Crippen LogP contribution in [0.2, 0.25) is 15.1 Å². The Balaban J connectivity index is 1.48. The lowest BCUT2D eigenvalue weighted by atomic mass is 10.1. The highest BCUT2D eigenvalue weighted by atomic mass is 79.9. The molecule has 1 fully saturated rings. The van der Waals surface area contributed by atoms with Crippen molar-refractivity contribution in [2.75, 3.05) is 19.0 Å². The van der Waals surface area contributed by atoms with E-state index in [1.165, 1.54) is 7.11 Å². The van der Waals surface area contributed by atoms with Crippen molar-refractivity contribution < 1.29 is 23.9 Å². The molecular weight excluding hydrogens is 651 g/mol. The Labute approximate surface area is 252 Å². The van der Waals surface area contributed by atoms with Crippen molar-refractivity contribution in [1.29, 1.82) is 0 Å². The predicted octanol–water partition coefficient (Wildman–Crippen LogP) is 7.98. The lowest BCUT2D eigenvalue weighted by molar-refractivity contribution is -0.127. The average molecular weight is 671 g/mol. The first-order valence-electron chi connectivity index (χ1n) is 11.3. The molecule has 1 aliphatic heterocycles. The molecule has 3 amide bonds. The summed E-state index contributed by atoms with van der Waals surface area (Å²) < 4.78 is 12.0. The number of carbonyl (C=O) groups excluding carboxylic acids is 3. The van der Waals surface area contributed by atoms with E-state index in [4.69, 9.17) is 44.3 Å². The van der Waals surface area contributed by atoms with E-state index < -0.39 is 23.6 Å². The van der Waals surface area contributed by atoms with E-state index in [1.54, 1.807) is 54.6 Å². The van der Waals surface area contributed by atoms with Crippen LogP contribution >= 0.6 is 62.5 Å². The third-order valence-corrected chi connectivity index (χ3v) is 7.90. The minimum atomic E-state index is -0.573. The number of anilines is 1. The predicted molar refractivity (Wildman–Crippen MR) is 159 cm³/mol. The molecule has 0 atom stereocenters. The summed E-state index contributed by atoms with van der Waals surface area (Å²) in [5.41, 5.74) is 2.63. The van der Waals surface area contributed by atoms with Crippen LogP contribution in [0, 0.1) is 6.92 Å². The Bertz CT molecular complexity index is 1510. The van der Waals surface area contributed by atoms with Gasteiger partial charge in [-0.2, -0.15) is 0 Å². The van der Waals surface area contributed by atoms with E-state index in [2.05, 4.69) is 21.2 Å². The van der Waals surface area contributed by atoms with Crippen molar-refractivity contribution in [2.45, 2.75) is 13.5 Å². The molecule has 0 aliphatic carbocycles. The largest absolute Gasteiger partial charge is 0.493 e. The number of nitrogens with one attached hydrogen (secondary N) is 1. The standard InChI is InChI=1S/C27H20BrCl3N2O5S/c1-14-3-5-18(30)11-21(14)32-24(34)12-33-26(35)23(39-27(33)36)9-15-7-19(28)25(22(8-15)37-2)38-13-16-4-6-17(29)10-20(16)31/h3-11H,12-13H2,1-2H3,(H,32,34)/b23-9+. The number of hydrogen-bond donors (Lipinski definition) is 1. The number of thioether (sulfide) groups is 1. The number of imide groups is 1. The van der Waals surface area contributed by atoms with Crippen LogP contribution in [-0.4, -0.2) is 35.6 Å². The van der Waals surface area contributed by atoms with Crippen molar-refractivity contribution in [2.24, 2.45) is 0 Å². The smallest absolute Gasteiger partial charge is 0.294 e. The first-order chi connectivity index (χ1) is 18.5. The summed E-state index contributed by atoms with van der Waals surface area (Å²) in [6, 6.07) is 13.6. The normalized spacial score (nSPS) is 14.2. The molecule has 1 heterocycles. The van der Waals surface area contributed by atoms with Gasteiger partial charge in [-0.15, -0.1) is 0 Å². The monoisotopic (exact) mass is 668 g/mol. The van der Waals surface area contributed by atoms with Gasteiger partial charge in [-0.05, 0) is 88.2 Å². The molecule has 0 saturated carbocycles. The minimum Gasteiger partial charge on any atom is -0.493 e. The van der Waals surface area contributed by atoms with Crippen LogP contribution in [0.3, 0.4) is 0 Å². The molecule has 202 valence electrons. The van der Waals surface area contributed by atoms with Crippen LogP contribution in [0.25, 0.3) is 6.08 Å². The number of benzene rings is 3. The van der Waals surface area contributed by atoms with Crippen molar-refractivity contribution in [3.05, 3.63) is 89.7 Å². The zero-order chi connectivity index (χ0) is 28.3. The number of nitrogens with zero attached hydrogens (tertiary/aromatic N) is 1. The Morgan fingerprint density at radius 3 is 2.51 bits per heavy atom. The van der Waals surface area contributed by atoms with Crippen molar-refractivity contribution in [1.82, 2.24) is 4.90 Å². The lowest BCUT2D eigenvalue weighted by Crippen LogP contribution is -2.36. The van der Waals surface area contributed by atoms with Crippen LogP contribution in [0.5, 0.6) is 11.5 Å². The number of hydrogen-bond acceptors (Lipinski definition) is 6. The molecule has 0 unspecified atom stereocenters. The van der Waals surface area contributed by atoms with Gasteiger partial charge in [-0.3, -0.25) is 19.3 Å². The van der Waals surface area contributed by atoms with Gasteiger partial charge in [0.1, 0.15) is 13.2 Å². The number of methoxy groups -OCH3 is 1. The first-order valence-corrected chi connectivity index (χ1v) is 14.1. The van der Waals surface area contributed by atoms with Crippen molar-refractivity contribution in [3.63, 3.8) is 0 Å². The molecule has 1 N–H and O–H groups in total. The number of amides is 3. The highest BCUT2D eigenvalue weighted by Gasteiger charge is 2.36. The lowest BCUT2D eigenvalue weighted by Gasteiger charge is -2.15. The topological polar surface area (TPSA) is 84.9 Å². The van der Waals surface area contributed by atoms with Gasteiger partial charge in [0, 0.05) is 26.3 Å². The van der Waals surface area contributed by atoms with Crippen LogP contribution in [0.4, 0.5) is 10.5 Å². The second kappa shape index (κ2) is 12.7. The average Bonchev–Trinajstić information content (AvgIpc) is 3.13. The highest BCUT2D eigenvalue weighted by molar-refractivity contribution is 9.10. The van der Waals surface area contributed by atoms with Gasteiger partial charge in [-0.25, -0.2) is 0 Å². The molecule has 4 rings (SSSR count). The number of aryl methyl sites for hydroxylation is 1. The zero-order valence-corrected chi connectivity index (χ0v) is 25.2. The van der Waals surface area contributed by atoms with E-state index in [0.29, 0.717) is 42.3 Å². The van der Waals surface area contributed by atoms with Crippen LogP contribution < -0.4 is 14.8 Å². The minimum absolute atomic E-state index is 0.167. The molecule has 39 heavy (non-hydrogen) atoms. The molecule has 0 radical (unpaired) electrons. The maximum absolute atomic E-state index is 13.0. The number of rotatable bonds is 8. The Morgan fingerprint density at radius 2 is 1.79 bits per heavy atom. The maximum atomic E-state index is 13.0. The molecule has 0 bridgehead atoms. The van der Waals surface area contributed by atoms with Gasteiger partial charge in [0.05, 0.1) is 16.5 Å². The van der Waals surface area contributed by atoms with E-state index >= 15 is 0 Å². The summed E-state index contributed by atoms with van der Waals surface area (Å²) in [5.74, 6) is -0.260. The van der Waals surface area contributed by atoms with Gasteiger partial charge in [0.15, 0.2) is 11.5 Å². The second-order valence-corrected chi connectivity index (χ2v) is 11.5. The summed E-state index contributed by atoms with van der Waals surface area (Å²) in [6.07, 6.45) is 1.55. The van der Waals surface area contributed by atoms with Crippen molar-refractivity contribution >= 4 is 91.3 Å². The van der Waals surface area contributed by atoms with Crippen molar-refractivity contribution in [3.8, 4) is 11.5 Å². The Morgan fingerprint density at radius 1 is 1.08 bits per heavy atom. The van der Waals surface area contributed by atoms with Gasteiger partial charge in [0.25, 0.3) is 11.1 Å². The summed E-state index contributed by atoms with van der Waals surface area (Å²) in [4.78, 5) is 39.2. The molecule has 3 aromatic rings. The fourth-order valence-corrected chi connectivity index (χ4v) is 5.65. The summed E-state index contributed by atoms with van der Waals surface area (Å²) in [7, 11) is 1.49. The molecule has 7 nitrogen and oxygen atoms in total. The molecular formula is C27H20BrCl3N2O5S. The fourth-order valence-electron chi connectivity index (χ4n) is 3.60. The molecule has 12 heteroatoms. The van der Waals surface area contributed by atoms with E-state index in [1.807, 2.05) is 6.92 Å². The first kappa shape index (κ1) is 29.3. The van der Waals surface area contributed by atoms with Crippen LogP contribution in [-0.2, 0) is 16.2 Å². The molecule has 1 aliphatic rings. The van der Waals surface area contributed by atoms with Crippen LogP contribution in [0.1, 0.15) is 16.7 Å². The zero-order valence-electron chi connectivity index (χ0n) is 20.5. The van der Waals surface area contributed by atoms with Crippen LogP contribution in [0.15, 0.2) is 57.9 Å². The van der Waals surface area contributed by atoms with Gasteiger partial charge in [0.2, 0.25) is 5.91 Å². The van der Waals surface area contributed by atoms with E-state index in [-0.39, 0.29) is 11.5 Å². The fraction of sp³-hybridized carbons (Fsp3) is 0.148. The SMILES string of the molecule is COc1cc(/C=C2/SC(=O)N(CC(=O)Nc3cc(Cl)ccc3C)C2=O)cc(Br)c1OCc1ccc(Cl)cc1Cl. The summed E-state index contributed by atoms with van der Waals surface area (Å²) in [5, 5.41) is 3.60. The third kappa shape index (κ3) is 7.10. The molecule has 0 spiro atoms. The van der Waals surface area contributed by atoms with E-state index in [0.717, 1.165) is 27.8 Å². The number of ether oxygens (including phenoxy) is 2. The Hall–Kier alpha value is -2.69.